The minimum atomic E-state index is 0.588. The smallest absolute Gasteiger partial charge is 0.160 e. The maximum atomic E-state index is 4.87. The Bertz CT molecular complexity index is 827. The maximum Gasteiger partial charge on any atom is 0.160 e. The van der Waals surface area contributed by atoms with E-state index in [2.05, 4.69) is 38.7 Å². The molecule has 1 aliphatic carbocycles. The number of allylic oxidation sites excluding steroid dienone is 6. The van der Waals surface area contributed by atoms with Gasteiger partial charge in [0.2, 0.25) is 0 Å². The van der Waals surface area contributed by atoms with Crippen molar-refractivity contribution in [1.82, 2.24) is 9.97 Å². The van der Waals surface area contributed by atoms with Gasteiger partial charge in [0, 0.05) is 11.1 Å². The summed E-state index contributed by atoms with van der Waals surface area (Å²) >= 11 is 0. The number of rotatable bonds is 4. The van der Waals surface area contributed by atoms with E-state index in [1.165, 1.54) is 5.57 Å². The molecule has 1 aliphatic rings. The van der Waals surface area contributed by atoms with Gasteiger partial charge in [0.15, 0.2) is 5.82 Å². The monoisotopic (exact) mass is 314 g/mol. The molecule has 1 heterocycles. The number of aromatic nitrogens is 2. The molecule has 0 fully saturated rings. The molecular formula is C22H22N2. The summed E-state index contributed by atoms with van der Waals surface area (Å²) in [6.07, 6.45) is 13.4. The molecule has 1 aromatic carbocycles. The van der Waals surface area contributed by atoms with Crippen LogP contribution in [0.2, 0.25) is 0 Å². The van der Waals surface area contributed by atoms with Gasteiger partial charge in [-0.2, -0.15) is 0 Å². The Hall–Kier alpha value is -2.74. The van der Waals surface area contributed by atoms with Crippen molar-refractivity contribution in [1.29, 1.82) is 0 Å². The highest BCUT2D eigenvalue weighted by atomic mass is 14.9. The van der Waals surface area contributed by atoms with Gasteiger partial charge in [0.05, 0.1) is 11.4 Å². The molecule has 1 aromatic heterocycles. The van der Waals surface area contributed by atoms with Crippen molar-refractivity contribution in [3.8, 4) is 11.4 Å². The molecule has 0 spiro atoms. The molecule has 0 saturated carbocycles. The first-order valence-electron chi connectivity index (χ1n) is 8.31. The number of hydrogen-bond donors (Lipinski definition) is 0. The first-order valence-corrected chi connectivity index (χ1v) is 8.31. The van der Waals surface area contributed by atoms with Crippen LogP contribution in [0.1, 0.15) is 30.3 Å². The van der Waals surface area contributed by atoms with Gasteiger partial charge < -0.3 is 0 Å². The number of hydrogen-bond acceptors (Lipinski definition) is 2. The second kappa shape index (κ2) is 7.22. The van der Waals surface area contributed by atoms with Crippen LogP contribution in [0.4, 0.5) is 0 Å². The fourth-order valence-corrected chi connectivity index (χ4v) is 2.76. The van der Waals surface area contributed by atoms with E-state index in [4.69, 9.17) is 9.97 Å². The highest BCUT2D eigenvalue weighted by Crippen LogP contribution is 2.28. The molecule has 24 heavy (non-hydrogen) atoms. The van der Waals surface area contributed by atoms with Crippen molar-refractivity contribution < 1.29 is 0 Å². The summed E-state index contributed by atoms with van der Waals surface area (Å²) in [5.74, 6) is 1.34. The molecule has 0 saturated heterocycles. The Labute approximate surface area is 144 Å². The third kappa shape index (κ3) is 3.43. The van der Waals surface area contributed by atoms with Crippen LogP contribution in [0.25, 0.3) is 23.0 Å². The standard InChI is InChI=1S/C22H22N2/c1-4-5-11-20-17(3)21(18-14-12-16(2)13-15-18)24-22(23-20)19-9-7-6-8-10-19/h4-12,14-16H,1,13H2,2-3H3/b11-5-. The van der Waals surface area contributed by atoms with Gasteiger partial charge in [-0.3, -0.25) is 0 Å². The molecule has 0 N–H and O–H groups in total. The van der Waals surface area contributed by atoms with Crippen molar-refractivity contribution >= 4 is 11.6 Å². The summed E-state index contributed by atoms with van der Waals surface area (Å²) in [6.45, 7) is 8.06. The quantitative estimate of drug-likeness (QED) is 0.683. The third-order valence-corrected chi connectivity index (χ3v) is 4.19. The fourth-order valence-electron chi connectivity index (χ4n) is 2.76. The predicted octanol–water partition coefficient (Wildman–Crippen LogP) is 5.63. The van der Waals surface area contributed by atoms with Crippen LogP contribution in [0.3, 0.4) is 0 Å². The molecule has 0 bridgehead atoms. The molecule has 0 aliphatic heterocycles. The zero-order valence-electron chi connectivity index (χ0n) is 14.2. The van der Waals surface area contributed by atoms with E-state index in [-0.39, 0.29) is 0 Å². The van der Waals surface area contributed by atoms with Crippen molar-refractivity contribution in [3.63, 3.8) is 0 Å². The minimum Gasteiger partial charge on any atom is -0.228 e. The van der Waals surface area contributed by atoms with Crippen molar-refractivity contribution in [2.45, 2.75) is 20.3 Å². The number of nitrogens with zero attached hydrogens (tertiary/aromatic N) is 2. The van der Waals surface area contributed by atoms with Crippen molar-refractivity contribution in [2.75, 3.05) is 0 Å². The Morgan fingerprint density at radius 2 is 1.96 bits per heavy atom. The second-order valence-electron chi connectivity index (χ2n) is 6.10. The van der Waals surface area contributed by atoms with E-state index in [1.807, 2.05) is 42.5 Å². The minimum absolute atomic E-state index is 0.588. The summed E-state index contributed by atoms with van der Waals surface area (Å²) in [5, 5.41) is 0. The van der Waals surface area contributed by atoms with Gasteiger partial charge in [-0.15, -0.1) is 0 Å². The zero-order chi connectivity index (χ0) is 16.9. The molecule has 0 amide bonds. The zero-order valence-corrected chi connectivity index (χ0v) is 14.2. The normalized spacial score (nSPS) is 17.1. The van der Waals surface area contributed by atoms with Gasteiger partial charge in [0.25, 0.3) is 0 Å². The second-order valence-corrected chi connectivity index (χ2v) is 6.10. The Morgan fingerprint density at radius 1 is 1.17 bits per heavy atom. The summed E-state index contributed by atoms with van der Waals surface area (Å²) < 4.78 is 0. The predicted molar refractivity (Wildman–Crippen MR) is 102 cm³/mol. The summed E-state index contributed by atoms with van der Waals surface area (Å²) in [6, 6.07) is 10.1. The molecule has 2 aromatic rings. The molecular weight excluding hydrogens is 292 g/mol. The maximum absolute atomic E-state index is 4.87. The first kappa shape index (κ1) is 16.1. The molecule has 2 heteroatoms. The number of benzene rings is 1. The van der Waals surface area contributed by atoms with E-state index < -0.39 is 0 Å². The van der Waals surface area contributed by atoms with E-state index in [9.17, 15) is 0 Å². The molecule has 0 radical (unpaired) electrons. The largest absolute Gasteiger partial charge is 0.228 e. The summed E-state index contributed by atoms with van der Waals surface area (Å²) in [7, 11) is 0. The van der Waals surface area contributed by atoms with Gasteiger partial charge >= 0.3 is 0 Å². The van der Waals surface area contributed by atoms with E-state index in [0.29, 0.717) is 5.92 Å². The van der Waals surface area contributed by atoms with E-state index in [0.717, 1.165) is 34.8 Å². The van der Waals surface area contributed by atoms with Crippen LogP contribution in [0.15, 0.2) is 67.3 Å². The lowest BCUT2D eigenvalue weighted by Gasteiger charge is -2.15. The molecule has 1 unspecified atom stereocenters. The topological polar surface area (TPSA) is 25.8 Å². The highest BCUT2D eigenvalue weighted by Gasteiger charge is 2.15. The average Bonchev–Trinajstić information content (AvgIpc) is 2.62. The van der Waals surface area contributed by atoms with Crippen LogP contribution in [-0.2, 0) is 0 Å². The average molecular weight is 314 g/mol. The van der Waals surface area contributed by atoms with Gasteiger partial charge in [-0.05, 0) is 30.9 Å². The molecule has 1 atom stereocenters. The highest BCUT2D eigenvalue weighted by molar-refractivity contribution is 5.77. The van der Waals surface area contributed by atoms with Crippen LogP contribution >= 0.6 is 0 Å². The Kier molecular flexibility index (Phi) is 4.85. The molecule has 3 rings (SSSR count). The first-order chi connectivity index (χ1) is 11.7. The lowest BCUT2D eigenvalue weighted by molar-refractivity contribution is 0.738. The van der Waals surface area contributed by atoms with Gasteiger partial charge in [-0.25, -0.2) is 9.97 Å². The lowest BCUT2D eigenvalue weighted by Crippen LogP contribution is -2.04. The summed E-state index contributed by atoms with van der Waals surface area (Å²) in [5.41, 5.74) is 5.25. The van der Waals surface area contributed by atoms with Crippen LogP contribution in [0.5, 0.6) is 0 Å². The fraction of sp³-hybridized carbons (Fsp3) is 0.182. The van der Waals surface area contributed by atoms with Crippen LogP contribution in [0, 0.1) is 12.8 Å². The van der Waals surface area contributed by atoms with E-state index >= 15 is 0 Å². The van der Waals surface area contributed by atoms with Crippen molar-refractivity contribution in [2.24, 2.45) is 5.92 Å². The molecule has 120 valence electrons. The van der Waals surface area contributed by atoms with Gasteiger partial charge in [0.1, 0.15) is 0 Å². The lowest BCUT2D eigenvalue weighted by atomic mass is 9.94. The van der Waals surface area contributed by atoms with Crippen LogP contribution in [-0.4, -0.2) is 9.97 Å². The molecule has 2 nitrogen and oxygen atoms in total. The van der Waals surface area contributed by atoms with Crippen LogP contribution < -0.4 is 0 Å². The van der Waals surface area contributed by atoms with Crippen molar-refractivity contribution in [3.05, 3.63) is 84.2 Å². The third-order valence-electron chi connectivity index (χ3n) is 4.19. The SMILES string of the molecule is C=C/C=C\c1nc(-c2ccccc2)nc(C2=CCC(C)C=C2)c1C. The Balaban J connectivity index is 2.15. The van der Waals surface area contributed by atoms with E-state index in [1.54, 1.807) is 6.08 Å². The Morgan fingerprint density at radius 3 is 2.62 bits per heavy atom. The summed E-state index contributed by atoms with van der Waals surface area (Å²) in [4.78, 5) is 9.62. The van der Waals surface area contributed by atoms with Gasteiger partial charge in [-0.1, -0.05) is 74.2 Å².